The van der Waals surface area contributed by atoms with Crippen molar-refractivity contribution in [3.05, 3.63) is 23.8 Å². The first-order chi connectivity index (χ1) is 8.11. The molecule has 0 aromatic heterocycles. The number of benzene rings is 1. The predicted octanol–water partition coefficient (Wildman–Crippen LogP) is 0.959. The van der Waals surface area contributed by atoms with E-state index in [1.165, 1.54) is 18.2 Å². The van der Waals surface area contributed by atoms with E-state index in [4.69, 9.17) is 4.74 Å². The Hall–Kier alpha value is -1.75. The number of carbonyl (C=O) groups excluding carboxylic acids is 1. The van der Waals surface area contributed by atoms with Gasteiger partial charge in [0.15, 0.2) is 11.5 Å². The molecule has 1 fully saturated rings. The first-order valence-corrected chi connectivity index (χ1v) is 5.51. The molecular weight excluding hydrogens is 222 g/mol. The van der Waals surface area contributed by atoms with E-state index >= 15 is 0 Å². The first kappa shape index (κ1) is 11.7. The Bertz CT molecular complexity index is 433. The molecule has 0 bridgehead atoms. The van der Waals surface area contributed by atoms with E-state index in [0.717, 1.165) is 0 Å². The van der Waals surface area contributed by atoms with Crippen LogP contribution in [0.3, 0.4) is 0 Å². The molecule has 0 spiro atoms. The summed E-state index contributed by atoms with van der Waals surface area (Å²) in [5.74, 6) is -0.929. The second-order valence-corrected chi connectivity index (χ2v) is 4.10. The molecule has 0 aliphatic carbocycles. The molecule has 1 saturated heterocycles. The molecular formula is C12H15NO4. The van der Waals surface area contributed by atoms with E-state index in [1.54, 1.807) is 4.90 Å². The number of ether oxygens (including phenoxy) is 1. The maximum absolute atomic E-state index is 12.2. The van der Waals surface area contributed by atoms with Gasteiger partial charge in [-0.25, -0.2) is 0 Å². The summed E-state index contributed by atoms with van der Waals surface area (Å²) in [6, 6.07) is 4.35. The standard InChI is InChI=1S/C12H15NO4/c1-8-7-17-6-5-13(8)12(16)9-3-2-4-10(14)11(9)15/h2-4,8,14-15H,5-7H2,1H3. The molecule has 1 aromatic rings. The fourth-order valence-corrected chi connectivity index (χ4v) is 1.89. The topological polar surface area (TPSA) is 70.0 Å². The van der Waals surface area contributed by atoms with Gasteiger partial charge in [0, 0.05) is 6.54 Å². The normalized spacial score (nSPS) is 20.3. The van der Waals surface area contributed by atoms with Crippen LogP contribution in [0.1, 0.15) is 17.3 Å². The van der Waals surface area contributed by atoms with Crippen LogP contribution in [0.15, 0.2) is 18.2 Å². The Labute approximate surface area is 99.2 Å². The highest BCUT2D eigenvalue weighted by atomic mass is 16.5. The second kappa shape index (κ2) is 4.63. The first-order valence-electron chi connectivity index (χ1n) is 5.51. The number of morpholine rings is 1. The van der Waals surface area contributed by atoms with Gasteiger partial charge in [-0.2, -0.15) is 0 Å². The minimum Gasteiger partial charge on any atom is -0.504 e. The van der Waals surface area contributed by atoms with Gasteiger partial charge in [0.2, 0.25) is 0 Å². The van der Waals surface area contributed by atoms with E-state index in [1.807, 2.05) is 6.92 Å². The Morgan fingerprint density at radius 3 is 2.94 bits per heavy atom. The maximum atomic E-state index is 12.2. The van der Waals surface area contributed by atoms with Crippen LogP contribution in [0, 0.1) is 0 Å². The lowest BCUT2D eigenvalue weighted by atomic mass is 10.1. The third-order valence-corrected chi connectivity index (χ3v) is 2.87. The summed E-state index contributed by atoms with van der Waals surface area (Å²) >= 11 is 0. The van der Waals surface area contributed by atoms with Crippen LogP contribution in [0.4, 0.5) is 0 Å². The zero-order valence-corrected chi connectivity index (χ0v) is 9.59. The predicted molar refractivity (Wildman–Crippen MR) is 61.1 cm³/mol. The van der Waals surface area contributed by atoms with Gasteiger partial charge in [0.25, 0.3) is 5.91 Å². The summed E-state index contributed by atoms with van der Waals surface area (Å²) < 4.78 is 5.25. The van der Waals surface area contributed by atoms with Crippen LogP contribution in [0.25, 0.3) is 0 Å². The Kier molecular flexibility index (Phi) is 3.19. The van der Waals surface area contributed by atoms with Gasteiger partial charge < -0.3 is 19.8 Å². The van der Waals surface area contributed by atoms with Crippen LogP contribution in [0.5, 0.6) is 11.5 Å². The smallest absolute Gasteiger partial charge is 0.258 e. The quantitative estimate of drug-likeness (QED) is 0.714. The van der Waals surface area contributed by atoms with Crippen molar-refractivity contribution in [2.24, 2.45) is 0 Å². The molecule has 5 nitrogen and oxygen atoms in total. The average molecular weight is 237 g/mol. The summed E-state index contributed by atoms with van der Waals surface area (Å²) in [6.07, 6.45) is 0. The Morgan fingerprint density at radius 2 is 2.24 bits per heavy atom. The molecule has 1 aromatic carbocycles. The summed E-state index contributed by atoms with van der Waals surface area (Å²) in [5, 5.41) is 19.0. The van der Waals surface area contributed by atoms with Crippen molar-refractivity contribution in [2.75, 3.05) is 19.8 Å². The van der Waals surface area contributed by atoms with Crippen LogP contribution in [0.2, 0.25) is 0 Å². The van der Waals surface area contributed by atoms with Crippen molar-refractivity contribution in [3.8, 4) is 11.5 Å². The highest BCUT2D eigenvalue weighted by molar-refractivity contribution is 5.97. The van der Waals surface area contributed by atoms with Gasteiger partial charge in [-0.05, 0) is 19.1 Å². The third kappa shape index (κ3) is 2.19. The van der Waals surface area contributed by atoms with Crippen molar-refractivity contribution in [1.29, 1.82) is 0 Å². The molecule has 2 rings (SSSR count). The number of para-hydroxylation sites is 1. The molecule has 1 atom stereocenters. The third-order valence-electron chi connectivity index (χ3n) is 2.87. The van der Waals surface area contributed by atoms with Crippen LogP contribution < -0.4 is 0 Å². The maximum Gasteiger partial charge on any atom is 0.258 e. The minimum atomic E-state index is -0.365. The number of aromatic hydroxyl groups is 2. The van der Waals surface area contributed by atoms with Crippen molar-refractivity contribution < 1.29 is 19.7 Å². The molecule has 1 aliphatic heterocycles. The molecule has 0 saturated carbocycles. The van der Waals surface area contributed by atoms with Crippen LogP contribution >= 0.6 is 0 Å². The van der Waals surface area contributed by atoms with Crippen molar-refractivity contribution in [1.82, 2.24) is 4.90 Å². The fraction of sp³-hybridized carbons (Fsp3) is 0.417. The molecule has 5 heteroatoms. The minimum absolute atomic E-state index is 0.0296. The number of hydrogen-bond donors (Lipinski definition) is 2. The van der Waals surface area contributed by atoms with E-state index in [9.17, 15) is 15.0 Å². The number of amides is 1. The molecule has 2 N–H and O–H groups in total. The number of phenols is 2. The number of rotatable bonds is 1. The van der Waals surface area contributed by atoms with Crippen LogP contribution in [-0.4, -0.2) is 46.8 Å². The Morgan fingerprint density at radius 1 is 1.47 bits per heavy atom. The lowest BCUT2D eigenvalue weighted by molar-refractivity contribution is 0.00342. The molecule has 17 heavy (non-hydrogen) atoms. The molecule has 1 aliphatic rings. The van der Waals surface area contributed by atoms with Crippen molar-refractivity contribution in [2.45, 2.75) is 13.0 Å². The van der Waals surface area contributed by atoms with Gasteiger partial charge >= 0.3 is 0 Å². The zero-order valence-electron chi connectivity index (χ0n) is 9.59. The van der Waals surface area contributed by atoms with E-state index in [0.29, 0.717) is 19.8 Å². The van der Waals surface area contributed by atoms with Gasteiger partial charge in [-0.3, -0.25) is 4.79 Å². The molecule has 1 heterocycles. The molecule has 92 valence electrons. The van der Waals surface area contributed by atoms with Gasteiger partial charge in [-0.1, -0.05) is 6.07 Å². The number of carbonyl (C=O) groups is 1. The number of hydrogen-bond acceptors (Lipinski definition) is 4. The summed E-state index contributed by atoms with van der Waals surface area (Å²) in [5.41, 5.74) is 0.124. The van der Waals surface area contributed by atoms with E-state index in [-0.39, 0.29) is 29.0 Å². The largest absolute Gasteiger partial charge is 0.504 e. The highest BCUT2D eigenvalue weighted by Gasteiger charge is 2.27. The van der Waals surface area contributed by atoms with Gasteiger partial charge in [0.05, 0.1) is 24.8 Å². The number of phenolic OH excluding ortho intramolecular Hbond substituents is 2. The number of nitrogens with zero attached hydrogens (tertiary/aromatic N) is 1. The zero-order chi connectivity index (χ0) is 12.4. The molecule has 1 unspecified atom stereocenters. The van der Waals surface area contributed by atoms with E-state index in [2.05, 4.69) is 0 Å². The van der Waals surface area contributed by atoms with Crippen molar-refractivity contribution in [3.63, 3.8) is 0 Å². The molecule has 1 amide bonds. The fourth-order valence-electron chi connectivity index (χ4n) is 1.89. The van der Waals surface area contributed by atoms with Crippen LogP contribution in [-0.2, 0) is 4.74 Å². The van der Waals surface area contributed by atoms with Gasteiger partial charge in [-0.15, -0.1) is 0 Å². The SMILES string of the molecule is CC1COCCN1C(=O)c1cccc(O)c1O. The lowest BCUT2D eigenvalue weighted by Gasteiger charge is -2.33. The molecule has 0 radical (unpaired) electrons. The van der Waals surface area contributed by atoms with E-state index < -0.39 is 0 Å². The van der Waals surface area contributed by atoms with Crippen molar-refractivity contribution >= 4 is 5.91 Å². The summed E-state index contributed by atoms with van der Waals surface area (Å²) in [4.78, 5) is 13.8. The highest BCUT2D eigenvalue weighted by Crippen LogP contribution is 2.29. The lowest BCUT2D eigenvalue weighted by Crippen LogP contribution is -2.47. The summed E-state index contributed by atoms with van der Waals surface area (Å²) in [7, 11) is 0. The monoisotopic (exact) mass is 237 g/mol. The van der Waals surface area contributed by atoms with Gasteiger partial charge in [0.1, 0.15) is 0 Å². The summed E-state index contributed by atoms with van der Waals surface area (Å²) in [6.45, 7) is 3.37. The Balaban J connectivity index is 2.27. The average Bonchev–Trinajstić information content (AvgIpc) is 2.32. The second-order valence-electron chi connectivity index (χ2n) is 4.10.